The molecule has 1 aliphatic heterocycles. The molecule has 2 aromatic rings. The van der Waals surface area contributed by atoms with E-state index in [1.165, 1.54) is 6.07 Å². The molecule has 1 aromatic heterocycles. The number of rotatable bonds is 6. The Morgan fingerprint density at radius 3 is 2.85 bits per heavy atom. The van der Waals surface area contributed by atoms with E-state index in [1.54, 1.807) is 24.3 Å². The highest BCUT2D eigenvalue weighted by Crippen LogP contribution is 2.29. The summed E-state index contributed by atoms with van der Waals surface area (Å²) >= 11 is 0. The molecule has 0 saturated carbocycles. The average molecular weight is 360 g/mol. The topological polar surface area (TPSA) is 106 Å². The number of hydrogen-bond acceptors (Lipinski definition) is 7. The van der Waals surface area contributed by atoms with Crippen LogP contribution in [-0.4, -0.2) is 41.1 Å². The van der Waals surface area contributed by atoms with Gasteiger partial charge < -0.3 is 24.1 Å². The molecule has 7 heteroatoms. The molecule has 0 aliphatic carbocycles. The van der Waals surface area contributed by atoms with Gasteiger partial charge in [-0.25, -0.2) is 9.59 Å². The van der Waals surface area contributed by atoms with Crippen molar-refractivity contribution >= 4 is 16.9 Å². The highest BCUT2D eigenvalue weighted by atomic mass is 16.6. The number of ether oxygens (including phenoxy) is 2. The number of esters is 1. The second kappa shape index (κ2) is 7.31. The lowest BCUT2D eigenvalue weighted by Gasteiger charge is -2.13. The highest BCUT2D eigenvalue weighted by molar-refractivity contribution is 5.81. The molecule has 1 aliphatic rings. The van der Waals surface area contributed by atoms with E-state index >= 15 is 0 Å². The molecule has 2 atom stereocenters. The lowest BCUT2D eigenvalue weighted by Crippen LogP contribution is -2.38. The van der Waals surface area contributed by atoms with Crippen molar-refractivity contribution in [3.63, 3.8) is 0 Å². The van der Waals surface area contributed by atoms with Crippen molar-refractivity contribution in [2.45, 2.75) is 31.5 Å². The van der Waals surface area contributed by atoms with Crippen LogP contribution in [0.4, 0.5) is 0 Å². The number of carbonyl (C=O) groups excluding carboxylic acids is 1. The molecule has 1 saturated heterocycles. The highest BCUT2D eigenvalue weighted by Gasteiger charge is 2.47. The summed E-state index contributed by atoms with van der Waals surface area (Å²) in [5.41, 5.74) is -0.829. The van der Waals surface area contributed by atoms with Gasteiger partial charge in [-0.05, 0) is 31.2 Å². The quantitative estimate of drug-likeness (QED) is 0.457. The third-order valence-electron chi connectivity index (χ3n) is 4.31. The normalized spacial score (nSPS) is 23.3. The van der Waals surface area contributed by atoms with Crippen molar-refractivity contribution < 1.29 is 28.9 Å². The van der Waals surface area contributed by atoms with Gasteiger partial charge in [0.1, 0.15) is 24.0 Å². The van der Waals surface area contributed by atoms with Crippen LogP contribution in [0.25, 0.3) is 11.0 Å². The maximum Gasteiger partial charge on any atom is 0.341 e. The van der Waals surface area contributed by atoms with Crippen LogP contribution in [0, 0.1) is 0 Å². The van der Waals surface area contributed by atoms with Gasteiger partial charge in [-0.1, -0.05) is 5.57 Å². The van der Waals surface area contributed by atoms with E-state index in [1.807, 2.05) is 13.0 Å². The number of hydrogen-bond donors (Lipinski definition) is 2. The minimum Gasteiger partial charge on any atom is -0.489 e. The molecule has 7 nitrogen and oxygen atoms in total. The van der Waals surface area contributed by atoms with Crippen molar-refractivity contribution in [1.82, 2.24) is 0 Å². The van der Waals surface area contributed by atoms with E-state index in [4.69, 9.17) is 19.0 Å². The molecule has 26 heavy (non-hydrogen) atoms. The Kier molecular flexibility index (Phi) is 5.11. The Bertz CT molecular complexity index is 898. The number of benzene rings is 1. The zero-order valence-electron chi connectivity index (χ0n) is 14.3. The van der Waals surface area contributed by atoms with Gasteiger partial charge in [0.05, 0.1) is 6.61 Å². The van der Waals surface area contributed by atoms with Gasteiger partial charge in [0, 0.05) is 30.4 Å². The molecule has 0 radical (unpaired) electrons. The van der Waals surface area contributed by atoms with Gasteiger partial charge in [-0.3, -0.25) is 0 Å². The third kappa shape index (κ3) is 3.95. The van der Waals surface area contributed by atoms with E-state index in [2.05, 4.69) is 0 Å². The number of carbonyl (C=O) groups is 1. The van der Waals surface area contributed by atoms with Crippen molar-refractivity contribution in [1.29, 1.82) is 0 Å². The summed E-state index contributed by atoms with van der Waals surface area (Å²) in [6.07, 6.45) is 1.89. The molecule has 1 aromatic carbocycles. The molecular formula is C19H20O7. The third-order valence-corrected chi connectivity index (χ3v) is 4.31. The number of fused-ring (bicyclic) bond motifs is 1. The van der Waals surface area contributed by atoms with Crippen molar-refractivity contribution in [3.8, 4) is 5.75 Å². The fourth-order valence-electron chi connectivity index (χ4n) is 2.86. The minimum absolute atomic E-state index is 0.0675. The first kappa shape index (κ1) is 18.2. The van der Waals surface area contributed by atoms with Crippen molar-refractivity contribution in [3.05, 3.63) is 52.4 Å². The van der Waals surface area contributed by atoms with E-state index in [0.29, 0.717) is 24.4 Å². The zero-order valence-corrected chi connectivity index (χ0v) is 14.3. The second-order valence-corrected chi connectivity index (χ2v) is 6.44. The van der Waals surface area contributed by atoms with Gasteiger partial charge in [-0.2, -0.15) is 0 Å². The maximum absolute atomic E-state index is 11.5. The summed E-state index contributed by atoms with van der Waals surface area (Å²) in [6, 6.07) is 8.29. The molecule has 138 valence electrons. The van der Waals surface area contributed by atoms with E-state index in [9.17, 15) is 14.7 Å². The predicted molar refractivity (Wildman–Crippen MR) is 92.9 cm³/mol. The first-order valence-electron chi connectivity index (χ1n) is 8.26. The number of aliphatic hydroxyl groups is 2. The Labute approximate surface area is 149 Å². The summed E-state index contributed by atoms with van der Waals surface area (Å²) in [6.45, 7) is 1.51. The second-order valence-electron chi connectivity index (χ2n) is 6.44. The van der Waals surface area contributed by atoms with E-state index in [0.717, 1.165) is 11.0 Å². The van der Waals surface area contributed by atoms with Crippen molar-refractivity contribution in [2.24, 2.45) is 0 Å². The number of aliphatic hydroxyl groups excluding tert-OH is 1. The Morgan fingerprint density at radius 2 is 2.12 bits per heavy atom. The summed E-state index contributed by atoms with van der Waals surface area (Å²) < 4.78 is 15.8. The summed E-state index contributed by atoms with van der Waals surface area (Å²) in [5.74, 6) is -0.218. The summed E-state index contributed by atoms with van der Waals surface area (Å²) in [5, 5.41) is 19.8. The van der Waals surface area contributed by atoms with Crippen LogP contribution in [0.2, 0.25) is 0 Å². The van der Waals surface area contributed by atoms with Gasteiger partial charge in [0.25, 0.3) is 0 Å². The summed E-state index contributed by atoms with van der Waals surface area (Å²) in [7, 11) is 0. The SMILES string of the molecule is C/C(=C\COc1ccc2ccc(=O)oc2c1)CC1CC(O)(CO)C(=O)O1. The first-order chi connectivity index (χ1) is 12.4. The maximum atomic E-state index is 11.5. The van der Waals surface area contributed by atoms with E-state index in [-0.39, 0.29) is 6.42 Å². The molecule has 1 fully saturated rings. The fraction of sp³-hybridized carbons (Fsp3) is 0.368. The average Bonchev–Trinajstić information content (AvgIpc) is 2.88. The van der Waals surface area contributed by atoms with Crippen LogP contribution < -0.4 is 10.4 Å². The van der Waals surface area contributed by atoms with Crippen LogP contribution in [-0.2, 0) is 9.53 Å². The Hall–Kier alpha value is -2.64. The van der Waals surface area contributed by atoms with Gasteiger partial charge >= 0.3 is 11.6 Å². The molecule has 0 bridgehead atoms. The number of cyclic esters (lactones) is 1. The molecule has 2 unspecified atom stereocenters. The first-order valence-corrected chi connectivity index (χ1v) is 8.26. The minimum atomic E-state index is -1.80. The largest absolute Gasteiger partial charge is 0.489 e. The molecule has 3 rings (SSSR count). The molecule has 0 amide bonds. The Morgan fingerprint density at radius 1 is 1.35 bits per heavy atom. The smallest absolute Gasteiger partial charge is 0.341 e. The molecule has 2 heterocycles. The van der Waals surface area contributed by atoms with Crippen LogP contribution >= 0.6 is 0 Å². The van der Waals surface area contributed by atoms with Crippen molar-refractivity contribution in [2.75, 3.05) is 13.2 Å². The molecular weight excluding hydrogens is 340 g/mol. The van der Waals surface area contributed by atoms with E-state index < -0.39 is 29.9 Å². The lowest BCUT2D eigenvalue weighted by molar-refractivity contribution is -0.157. The molecule has 0 spiro atoms. The fourth-order valence-corrected chi connectivity index (χ4v) is 2.86. The monoisotopic (exact) mass is 360 g/mol. The van der Waals surface area contributed by atoms with Gasteiger partial charge in [0.15, 0.2) is 5.60 Å². The standard InChI is InChI=1S/C19H20O7/c1-12(8-15-10-19(23,11-20)18(22)25-15)6-7-24-14-4-2-13-3-5-17(21)26-16(13)9-14/h2-6,9,15,20,23H,7-8,10-11H2,1H3/b12-6+. The Balaban J connectivity index is 1.57. The predicted octanol–water partition coefficient (Wildman–Crippen LogP) is 1.55. The van der Waals surface area contributed by atoms with Gasteiger partial charge in [-0.15, -0.1) is 0 Å². The van der Waals surface area contributed by atoms with Crippen LogP contribution in [0.5, 0.6) is 5.75 Å². The van der Waals surface area contributed by atoms with Crippen LogP contribution in [0.3, 0.4) is 0 Å². The van der Waals surface area contributed by atoms with Crippen LogP contribution in [0.1, 0.15) is 19.8 Å². The summed E-state index contributed by atoms with van der Waals surface area (Å²) in [4.78, 5) is 22.8. The van der Waals surface area contributed by atoms with Gasteiger partial charge in [0.2, 0.25) is 0 Å². The zero-order chi connectivity index (χ0) is 18.7. The molecule has 2 N–H and O–H groups in total. The lowest BCUT2D eigenvalue weighted by atomic mass is 9.97. The van der Waals surface area contributed by atoms with Crippen LogP contribution in [0.15, 0.2) is 51.2 Å².